The first-order valence-electron chi connectivity index (χ1n) is 5.18. The normalized spacial score (nSPS) is 10.1. The number of hydrogen-bond donors (Lipinski definition) is 2. The van der Waals surface area contributed by atoms with Gasteiger partial charge in [0.2, 0.25) is 0 Å². The standard InChI is InChI=1S/C12H10BrN3O2/c1-7-2-3-8(4-9(7)13)16-12(18)10-5-15-11(17)6-14-10/h2-6H,1H3,(H,15,17)(H,16,18). The zero-order valence-corrected chi connectivity index (χ0v) is 11.1. The topological polar surface area (TPSA) is 74.8 Å². The maximum atomic E-state index is 11.8. The van der Waals surface area contributed by atoms with Gasteiger partial charge in [-0.25, -0.2) is 4.98 Å². The Hall–Kier alpha value is -1.95. The van der Waals surface area contributed by atoms with Crippen molar-refractivity contribution in [3.8, 4) is 0 Å². The first-order valence-corrected chi connectivity index (χ1v) is 5.98. The summed E-state index contributed by atoms with van der Waals surface area (Å²) in [7, 11) is 0. The third kappa shape index (κ3) is 2.84. The summed E-state index contributed by atoms with van der Waals surface area (Å²) in [6.45, 7) is 1.96. The summed E-state index contributed by atoms with van der Waals surface area (Å²) in [4.78, 5) is 28.8. The molecule has 18 heavy (non-hydrogen) atoms. The number of aromatic nitrogens is 2. The third-order valence-corrected chi connectivity index (χ3v) is 3.19. The summed E-state index contributed by atoms with van der Waals surface area (Å²) >= 11 is 3.39. The number of anilines is 1. The average Bonchev–Trinajstić information content (AvgIpc) is 2.34. The van der Waals surface area contributed by atoms with Crippen molar-refractivity contribution in [3.63, 3.8) is 0 Å². The summed E-state index contributed by atoms with van der Waals surface area (Å²) in [5.74, 6) is -0.373. The molecule has 1 amide bonds. The lowest BCUT2D eigenvalue weighted by Gasteiger charge is -2.06. The molecule has 2 rings (SSSR count). The van der Waals surface area contributed by atoms with Crippen molar-refractivity contribution >= 4 is 27.5 Å². The van der Waals surface area contributed by atoms with Gasteiger partial charge in [0.25, 0.3) is 11.5 Å². The van der Waals surface area contributed by atoms with E-state index in [-0.39, 0.29) is 17.2 Å². The van der Waals surface area contributed by atoms with Crippen LogP contribution in [0, 0.1) is 6.92 Å². The molecular formula is C12H10BrN3O2. The monoisotopic (exact) mass is 307 g/mol. The lowest BCUT2D eigenvalue weighted by Crippen LogP contribution is -2.16. The van der Waals surface area contributed by atoms with Gasteiger partial charge >= 0.3 is 0 Å². The number of carbonyl (C=O) groups excluding carboxylic acids is 1. The van der Waals surface area contributed by atoms with E-state index in [2.05, 4.69) is 31.2 Å². The molecule has 6 heteroatoms. The minimum Gasteiger partial charge on any atom is -0.325 e. The van der Waals surface area contributed by atoms with Crippen molar-refractivity contribution < 1.29 is 4.79 Å². The van der Waals surface area contributed by atoms with E-state index in [9.17, 15) is 9.59 Å². The van der Waals surface area contributed by atoms with Crippen molar-refractivity contribution in [1.82, 2.24) is 9.97 Å². The fraction of sp³-hybridized carbons (Fsp3) is 0.0833. The van der Waals surface area contributed by atoms with Gasteiger partial charge in [-0.1, -0.05) is 22.0 Å². The van der Waals surface area contributed by atoms with Gasteiger partial charge in [-0.05, 0) is 24.6 Å². The molecule has 2 N–H and O–H groups in total. The maximum Gasteiger partial charge on any atom is 0.275 e. The van der Waals surface area contributed by atoms with Crippen LogP contribution >= 0.6 is 15.9 Å². The molecule has 0 saturated heterocycles. The van der Waals surface area contributed by atoms with Gasteiger partial charge in [-0.15, -0.1) is 0 Å². The van der Waals surface area contributed by atoms with E-state index in [0.29, 0.717) is 5.69 Å². The van der Waals surface area contributed by atoms with E-state index in [1.807, 2.05) is 13.0 Å². The number of rotatable bonds is 2. The molecule has 0 fully saturated rings. The molecule has 0 radical (unpaired) electrons. The molecule has 0 aliphatic rings. The van der Waals surface area contributed by atoms with Crippen LogP contribution in [0.25, 0.3) is 0 Å². The Morgan fingerprint density at radius 1 is 1.44 bits per heavy atom. The largest absolute Gasteiger partial charge is 0.325 e. The molecule has 5 nitrogen and oxygen atoms in total. The Morgan fingerprint density at radius 3 is 2.83 bits per heavy atom. The van der Waals surface area contributed by atoms with Crippen LogP contribution in [0.15, 0.2) is 39.9 Å². The average molecular weight is 308 g/mol. The Labute approximate surface area is 111 Å². The predicted molar refractivity (Wildman–Crippen MR) is 71.7 cm³/mol. The van der Waals surface area contributed by atoms with Crippen LogP contribution in [-0.4, -0.2) is 15.9 Å². The molecule has 0 aliphatic carbocycles. The van der Waals surface area contributed by atoms with E-state index in [1.54, 1.807) is 12.1 Å². The number of aromatic amines is 1. The quantitative estimate of drug-likeness (QED) is 0.892. The van der Waals surface area contributed by atoms with Gasteiger partial charge < -0.3 is 10.3 Å². The molecule has 92 valence electrons. The number of amides is 1. The Balaban J connectivity index is 2.18. The molecule has 2 aromatic rings. The van der Waals surface area contributed by atoms with Crippen LogP contribution in [0.5, 0.6) is 0 Å². The van der Waals surface area contributed by atoms with Gasteiger partial charge in [0.15, 0.2) is 0 Å². The van der Waals surface area contributed by atoms with Crippen molar-refractivity contribution in [2.75, 3.05) is 5.32 Å². The zero-order chi connectivity index (χ0) is 13.1. The fourth-order valence-corrected chi connectivity index (χ4v) is 1.71. The van der Waals surface area contributed by atoms with Gasteiger partial charge in [-0.2, -0.15) is 0 Å². The second-order valence-corrected chi connectivity index (χ2v) is 4.57. The van der Waals surface area contributed by atoms with Gasteiger partial charge in [0, 0.05) is 16.4 Å². The lowest BCUT2D eigenvalue weighted by molar-refractivity contribution is 0.102. The van der Waals surface area contributed by atoms with Gasteiger partial charge in [0.1, 0.15) is 5.69 Å². The number of H-pyrrole nitrogens is 1. The first-order chi connectivity index (χ1) is 8.56. The van der Waals surface area contributed by atoms with E-state index in [4.69, 9.17) is 0 Å². The molecule has 0 saturated carbocycles. The van der Waals surface area contributed by atoms with Crippen LogP contribution in [0.2, 0.25) is 0 Å². The summed E-state index contributed by atoms with van der Waals surface area (Å²) in [5, 5.41) is 2.69. The van der Waals surface area contributed by atoms with Crippen LogP contribution in [0.4, 0.5) is 5.69 Å². The lowest BCUT2D eigenvalue weighted by atomic mass is 10.2. The number of nitrogens with zero attached hydrogens (tertiary/aromatic N) is 1. The number of nitrogens with one attached hydrogen (secondary N) is 2. The van der Waals surface area contributed by atoms with E-state index < -0.39 is 0 Å². The number of carbonyl (C=O) groups is 1. The highest BCUT2D eigenvalue weighted by molar-refractivity contribution is 9.10. The Bertz CT molecular complexity index is 632. The molecule has 0 unspecified atom stereocenters. The second-order valence-electron chi connectivity index (χ2n) is 3.71. The molecule has 0 atom stereocenters. The highest BCUT2D eigenvalue weighted by Crippen LogP contribution is 2.20. The van der Waals surface area contributed by atoms with Crippen LogP contribution < -0.4 is 10.9 Å². The smallest absolute Gasteiger partial charge is 0.275 e. The maximum absolute atomic E-state index is 11.8. The minimum absolute atomic E-state index is 0.159. The van der Waals surface area contributed by atoms with E-state index >= 15 is 0 Å². The van der Waals surface area contributed by atoms with Crippen LogP contribution in [0.1, 0.15) is 16.1 Å². The summed E-state index contributed by atoms with van der Waals surface area (Å²) in [6, 6.07) is 5.49. The highest BCUT2D eigenvalue weighted by Gasteiger charge is 2.08. The second kappa shape index (κ2) is 5.14. The molecule has 0 bridgehead atoms. The van der Waals surface area contributed by atoms with E-state index in [0.717, 1.165) is 16.2 Å². The summed E-state index contributed by atoms with van der Waals surface area (Å²) in [6.07, 6.45) is 2.35. The zero-order valence-electron chi connectivity index (χ0n) is 9.53. The Morgan fingerprint density at radius 2 is 2.22 bits per heavy atom. The van der Waals surface area contributed by atoms with Gasteiger partial charge in [-0.3, -0.25) is 9.59 Å². The van der Waals surface area contributed by atoms with Crippen molar-refractivity contribution in [1.29, 1.82) is 0 Å². The number of benzene rings is 1. The third-order valence-electron chi connectivity index (χ3n) is 2.33. The Kier molecular flexibility index (Phi) is 3.57. The fourth-order valence-electron chi connectivity index (χ4n) is 1.33. The van der Waals surface area contributed by atoms with Crippen molar-refractivity contribution in [2.24, 2.45) is 0 Å². The van der Waals surface area contributed by atoms with Crippen molar-refractivity contribution in [3.05, 3.63) is 56.7 Å². The number of aryl methyl sites for hydroxylation is 1. The van der Waals surface area contributed by atoms with Gasteiger partial charge in [0.05, 0.1) is 6.20 Å². The summed E-state index contributed by atoms with van der Waals surface area (Å²) < 4.78 is 0.912. The number of halogens is 1. The van der Waals surface area contributed by atoms with Crippen molar-refractivity contribution in [2.45, 2.75) is 6.92 Å². The predicted octanol–water partition coefficient (Wildman–Crippen LogP) is 2.09. The molecule has 1 aromatic heterocycles. The summed E-state index contributed by atoms with van der Waals surface area (Å²) in [5.41, 5.74) is 1.55. The molecule has 0 spiro atoms. The van der Waals surface area contributed by atoms with Crippen LogP contribution in [-0.2, 0) is 0 Å². The highest BCUT2D eigenvalue weighted by atomic mass is 79.9. The minimum atomic E-state index is -0.373. The molecule has 1 aromatic carbocycles. The van der Waals surface area contributed by atoms with E-state index in [1.165, 1.54) is 6.20 Å². The number of hydrogen-bond acceptors (Lipinski definition) is 3. The molecule has 1 heterocycles. The first kappa shape index (κ1) is 12.5. The molecule has 0 aliphatic heterocycles. The van der Waals surface area contributed by atoms with Crippen LogP contribution in [0.3, 0.4) is 0 Å². The molecular weight excluding hydrogens is 298 g/mol. The SMILES string of the molecule is Cc1ccc(NC(=O)c2c[nH]c(=O)cn2)cc1Br.